The van der Waals surface area contributed by atoms with Crippen molar-refractivity contribution in [1.29, 1.82) is 0 Å². The van der Waals surface area contributed by atoms with Gasteiger partial charge in [-0.15, -0.1) is 10.2 Å². The number of carbonyl (C=O) groups is 2. The zero-order chi connectivity index (χ0) is 18.4. The maximum absolute atomic E-state index is 12.0. The van der Waals surface area contributed by atoms with E-state index in [1.165, 1.54) is 18.7 Å². The minimum absolute atomic E-state index is 0.00374. The van der Waals surface area contributed by atoms with Gasteiger partial charge in [-0.2, -0.15) is 0 Å². The number of benzene rings is 2. The molecule has 1 aromatic heterocycles. The smallest absolute Gasteiger partial charge is 0.234 e. The van der Waals surface area contributed by atoms with Gasteiger partial charge in [0, 0.05) is 16.8 Å². The molecule has 1 heterocycles. The Labute approximate surface area is 155 Å². The van der Waals surface area contributed by atoms with Crippen LogP contribution in [0.2, 0.25) is 0 Å². The Balaban J connectivity index is 1.53. The molecule has 0 bridgehead atoms. The predicted molar refractivity (Wildman–Crippen MR) is 103 cm³/mol. The number of ketones is 1. The van der Waals surface area contributed by atoms with Crippen molar-refractivity contribution in [2.45, 2.75) is 11.9 Å². The van der Waals surface area contributed by atoms with Gasteiger partial charge in [-0.3, -0.25) is 9.59 Å². The van der Waals surface area contributed by atoms with Gasteiger partial charge in [0.05, 0.1) is 11.4 Å². The lowest BCUT2D eigenvalue weighted by Crippen LogP contribution is -2.14. The molecule has 0 atom stereocenters. The first-order valence-corrected chi connectivity index (χ1v) is 9.03. The number of rotatable bonds is 6. The van der Waals surface area contributed by atoms with Gasteiger partial charge in [0.1, 0.15) is 5.03 Å². The largest absolute Gasteiger partial charge is 0.325 e. The lowest BCUT2D eigenvalue weighted by atomic mass is 10.1. The molecule has 0 saturated carbocycles. The highest BCUT2D eigenvalue weighted by Gasteiger charge is 2.07. The number of amides is 1. The number of aromatic nitrogens is 2. The molecule has 5 nitrogen and oxygen atoms in total. The molecule has 0 unspecified atom stereocenters. The molecule has 1 N–H and O–H groups in total. The molecule has 0 radical (unpaired) electrons. The highest BCUT2D eigenvalue weighted by Crippen LogP contribution is 2.20. The zero-order valence-electron chi connectivity index (χ0n) is 14.2. The number of thioether (sulfide) groups is 1. The molecule has 3 aromatic rings. The summed E-state index contributed by atoms with van der Waals surface area (Å²) in [5, 5.41) is 11.8. The molecular formula is C20H17N3O2S. The van der Waals surface area contributed by atoms with Crippen LogP contribution in [0.15, 0.2) is 71.8 Å². The Kier molecular flexibility index (Phi) is 5.76. The van der Waals surface area contributed by atoms with Gasteiger partial charge >= 0.3 is 0 Å². The van der Waals surface area contributed by atoms with E-state index >= 15 is 0 Å². The minimum atomic E-state index is -0.139. The molecule has 0 aliphatic rings. The summed E-state index contributed by atoms with van der Waals surface area (Å²) in [5.41, 5.74) is 3.07. The highest BCUT2D eigenvalue weighted by atomic mass is 32.2. The molecule has 0 aliphatic heterocycles. The van der Waals surface area contributed by atoms with Gasteiger partial charge in [0.25, 0.3) is 0 Å². The minimum Gasteiger partial charge on any atom is -0.325 e. The second-order valence-electron chi connectivity index (χ2n) is 5.59. The van der Waals surface area contributed by atoms with E-state index in [9.17, 15) is 9.59 Å². The van der Waals surface area contributed by atoms with Crippen molar-refractivity contribution >= 4 is 29.1 Å². The fraction of sp³-hybridized carbons (Fsp3) is 0.100. The second-order valence-corrected chi connectivity index (χ2v) is 6.59. The van der Waals surface area contributed by atoms with Crippen LogP contribution >= 0.6 is 11.8 Å². The van der Waals surface area contributed by atoms with Gasteiger partial charge < -0.3 is 5.32 Å². The number of carbonyl (C=O) groups excluding carboxylic acids is 2. The van der Waals surface area contributed by atoms with Gasteiger partial charge in [-0.05, 0) is 43.3 Å². The van der Waals surface area contributed by atoms with Gasteiger partial charge in [-0.1, -0.05) is 42.1 Å². The topological polar surface area (TPSA) is 72.0 Å². The van der Waals surface area contributed by atoms with Crippen molar-refractivity contribution < 1.29 is 9.59 Å². The summed E-state index contributed by atoms with van der Waals surface area (Å²) in [7, 11) is 0. The first kappa shape index (κ1) is 17.8. The Morgan fingerprint density at radius 1 is 0.923 bits per heavy atom. The van der Waals surface area contributed by atoms with E-state index in [0.29, 0.717) is 16.3 Å². The van der Waals surface area contributed by atoms with E-state index in [1.807, 2.05) is 42.5 Å². The molecular weight excluding hydrogens is 346 g/mol. The number of hydrogen-bond acceptors (Lipinski definition) is 5. The van der Waals surface area contributed by atoms with Crippen LogP contribution in [0, 0.1) is 0 Å². The van der Waals surface area contributed by atoms with E-state index in [1.54, 1.807) is 24.3 Å². The van der Waals surface area contributed by atoms with Crippen molar-refractivity contribution in [3.63, 3.8) is 0 Å². The second kappa shape index (κ2) is 8.40. The molecule has 0 fully saturated rings. The monoisotopic (exact) mass is 363 g/mol. The van der Waals surface area contributed by atoms with Crippen LogP contribution in [0.25, 0.3) is 11.3 Å². The summed E-state index contributed by atoms with van der Waals surface area (Å²) in [6.07, 6.45) is 0. The molecule has 26 heavy (non-hydrogen) atoms. The third-order valence-electron chi connectivity index (χ3n) is 3.64. The molecule has 130 valence electrons. The standard InChI is InChI=1S/C20H17N3O2S/c1-14(24)15-7-9-17(10-8-15)21-19(25)13-26-20-12-11-18(22-23-20)16-5-3-2-4-6-16/h2-12H,13H2,1H3,(H,21,25). The summed E-state index contributed by atoms with van der Waals surface area (Å²) < 4.78 is 0. The van der Waals surface area contributed by atoms with Crippen molar-refractivity contribution in [2.24, 2.45) is 0 Å². The first-order valence-electron chi connectivity index (χ1n) is 8.04. The van der Waals surface area contributed by atoms with Crippen LogP contribution in [-0.4, -0.2) is 27.6 Å². The average molecular weight is 363 g/mol. The number of nitrogens with one attached hydrogen (secondary N) is 1. The van der Waals surface area contributed by atoms with Crippen molar-refractivity contribution in [3.05, 3.63) is 72.3 Å². The molecule has 0 aliphatic carbocycles. The number of anilines is 1. The Bertz CT molecular complexity index is 895. The first-order chi connectivity index (χ1) is 12.6. The molecule has 1 amide bonds. The van der Waals surface area contributed by atoms with E-state index in [2.05, 4.69) is 15.5 Å². The van der Waals surface area contributed by atoms with E-state index in [-0.39, 0.29) is 17.4 Å². The SMILES string of the molecule is CC(=O)c1ccc(NC(=O)CSc2ccc(-c3ccccc3)nn2)cc1. The van der Waals surface area contributed by atoms with Crippen molar-refractivity contribution in [1.82, 2.24) is 10.2 Å². The normalized spacial score (nSPS) is 10.3. The Morgan fingerprint density at radius 3 is 2.27 bits per heavy atom. The third kappa shape index (κ3) is 4.77. The molecule has 6 heteroatoms. The summed E-state index contributed by atoms with van der Waals surface area (Å²) in [4.78, 5) is 23.3. The zero-order valence-corrected chi connectivity index (χ0v) is 15.0. The average Bonchev–Trinajstić information content (AvgIpc) is 2.68. The number of hydrogen-bond donors (Lipinski definition) is 1. The fourth-order valence-corrected chi connectivity index (χ4v) is 2.90. The molecule has 0 saturated heterocycles. The summed E-state index contributed by atoms with van der Waals surface area (Å²) in [5.74, 6) is 0.0869. The predicted octanol–water partition coefficient (Wildman–Crippen LogP) is 4.08. The van der Waals surface area contributed by atoms with Crippen molar-refractivity contribution in [3.8, 4) is 11.3 Å². The lowest BCUT2D eigenvalue weighted by Gasteiger charge is -2.06. The van der Waals surface area contributed by atoms with Crippen LogP contribution in [0.3, 0.4) is 0 Å². The van der Waals surface area contributed by atoms with Crippen LogP contribution < -0.4 is 5.32 Å². The van der Waals surface area contributed by atoms with Crippen LogP contribution in [-0.2, 0) is 4.79 Å². The summed E-state index contributed by atoms with van der Waals surface area (Å²) in [6, 6.07) is 20.4. The quantitative estimate of drug-likeness (QED) is 0.528. The maximum atomic E-state index is 12.0. The fourth-order valence-electron chi connectivity index (χ4n) is 2.28. The van der Waals surface area contributed by atoms with Gasteiger partial charge in [-0.25, -0.2) is 0 Å². The van der Waals surface area contributed by atoms with Crippen LogP contribution in [0.5, 0.6) is 0 Å². The molecule has 3 rings (SSSR count). The Hall–Kier alpha value is -2.99. The van der Waals surface area contributed by atoms with E-state index in [4.69, 9.17) is 0 Å². The Morgan fingerprint density at radius 2 is 1.65 bits per heavy atom. The van der Waals surface area contributed by atoms with Gasteiger partial charge in [0.2, 0.25) is 5.91 Å². The highest BCUT2D eigenvalue weighted by molar-refractivity contribution is 7.99. The van der Waals surface area contributed by atoms with E-state index in [0.717, 1.165) is 11.3 Å². The summed E-state index contributed by atoms with van der Waals surface area (Å²) in [6.45, 7) is 1.51. The summed E-state index contributed by atoms with van der Waals surface area (Å²) >= 11 is 1.32. The van der Waals surface area contributed by atoms with Crippen LogP contribution in [0.1, 0.15) is 17.3 Å². The lowest BCUT2D eigenvalue weighted by molar-refractivity contribution is -0.113. The third-order valence-corrected chi connectivity index (χ3v) is 4.56. The van der Waals surface area contributed by atoms with Crippen molar-refractivity contribution in [2.75, 3.05) is 11.1 Å². The van der Waals surface area contributed by atoms with Crippen LogP contribution in [0.4, 0.5) is 5.69 Å². The molecule has 2 aromatic carbocycles. The number of Topliss-reactive ketones (excluding diaryl/α,β-unsaturated/α-hetero) is 1. The van der Waals surface area contributed by atoms with Gasteiger partial charge in [0.15, 0.2) is 5.78 Å². The molecule has 0 spiro atoms. The number of nitrogens with zero attached hydrogens (tertiary/aromatic N) is 2. The van der Waals surface area contributed by atoms with E-state index < -0.39 is 0 Å². The maximum Gasteiger partial charge on any atom is 0.234 e.